The summed E-state index contributed by atoms with van der Waals surface area (Å²) >= 11 is 6.15. The fraction of sp³-hybridized carbons (Fsp3) is 0.476. The monoisotopic (exact) mass is 429 g/mol. The first-order valence-electron chi connectivity index (χ1n) is 10.2. The molecule has 9 heteroatoms. The van der Waals surface area contributed by atoms with Crippen LogP contribution in [0.15, 0.2) is 35.5 Å². The maximum absolute atomic E-state index is 6.15. The SMILES string of the molecule is COCCN(C)c1ncc2c(n1)N=C(NCc1cccc(Cl)c1)C1(CCNCC1)N2. The van der Waals surface area contributed by atoms with Crippen molar-refractivity contribution in [2.45, 2.75) is 24.9 Å². The van der Waals surface area contributed by atoms with Gasteiger partial charge in [0.15, 0.2) is 5.82 Å². The van der Waals surface area contributed by atoms with Crippen molar-refractivity contribution in [1.82, 2.24) is 20.6 Å². The van der Waals surface area contributed by atoms with Crippen molar-refractivity contribution in [3.63, 3.8) is 0 Å². The molecule has 2 aromatic rings. The number of aromatic nitrogens is 2. The lowest BCUT2D eigenvalue weighted by atomic mass is 9.85. The standard InChI is InChI=1S/C21H28ClN7O/c1-29(10-11-30-2)20-25-14-17-18(27-20)26-19(21(28-17)6-8-23-9-7-21)24-13-15-4-3-5-16(22)12-15/h3-5,12,14,23,28H,6-11,13H2,1-2H3,(H,24,25,26,27). The van der Waals surface area contributed by atoms with E-state index in [0.717, 1.165) is 48.0 Å². The number of hydrogen-bond donors (Lipinski definition) is 3. The van der Waals surface area contributed by atoms with Gasteiger partial charge in [-0.25, -0.2) is 9.98 Å². The Balaban J connectivity index is 1.61. The van der Waals surface area contributed by atoms with Gasteiger partial charge >= 0.3 is 0 Å². The third-order valence-electron chi connectivity index (χ3n) is 5.58. The summed E-state index contributed by atoms with van der Waals surface area (Å²) in [5.74, 6) is 2.20. The van der Waals surface area contributed by atoms with Gasteiger partial charge < -0.3 is 25.6 Å². The Labute approximate surface area is 182 Å². The third kappa shape index (κ3) is 4.50. The summed E-state index contributed by atoms with van der Waals surface area (Å²) < 4.78 is 5.16. The van der Waals surface area contributed by atoms with Crippen LogP contribution in [0.2, 0.25) is 5.02 Å². The summed E-state index contributed by atoms with van der Waals surface area (Å²) in [4.78, 5) is 16.1. The number of halogens is 1. The van der Waals surface area contributed by atoms with Crippen LogP contribution in [0.1, 0.15) is 18.4 Å². The van der Waals surface area contributed by atoms with Crippen molar-refractivity contribution < 1.29 is 4.74 Å². The fourth-order valence-corrected chi connectivity index (χ4v) is 4.05. The van der Waals surface area contributed by atoms with E-state index in [1.54, 1.807) is 7.11 Å². The average Bonchev–Trinajstić information content (AvgIpc) is 2.76. The van der Waals surface area contributed by atoms with Crippen LogP contribution >= 0.6 is 11.6 Å². The van der Waals surface area contributed by atoms with E-state index in [-0.39, 0.29) is 5.54 Å². The van der Waals surface area contributed by atoms with Gasteiger partial charge in [0, 0.05) is 32.3 Å². The highest BCUT2D eigenvalue weighted by Gasteiger charge is 2.41. The molecule has 0 unspecified atom stereocenters. The second-order valence-corrected chi connectivity index (χ2v) is 8.16. The van der Waals surface area contributed by atoms with E-state index in [2.05, 4.69) is 27.0 Å². The smallest absolute Gasteiger partial charge is 0.227 e. The van der Waals surface area contributed by atoms with Crippen LogP contribution in [0.5, 0.6) is 0 Å². The Hall–Kier alpha value is -2.42. The van der Waals surface area contributed by atoms with Crippen LogP contribution in [0.25, 0.3) is 0 Å². The Morgan fingerprint density at radius 2 is 2.13 bits per heavy atom. The first-order valence-corrected chi connectivity index (χ1v) is 10.6. The molecule has 30 heavy (non-hydrogen) atoms. The number of nitrogens with one attached hydrogen (secondary N) is 3. The van der Waals surface area contributed by atoms with Crippen LogP contribution in [0.4, 0.5) is 17.5 Å². The van der Waals surface area contributed by atoms with Gasteiger partial charge in [-0.3, -0.25) is 0 Å². The molecule has 0 saturated carbocycles. The van der Waals surface area contributed by atoms with Crippen molar-refractivity contribution in [2.75, 3.05) is 50.6 Å². The maximum atomic E-state index is 6.15. The summed E-state index contributed by atoms with van der Waals surface area (Å²) in [6.45, 7) is 3.83. The van der Waals surface area contributed by atoms with Gasteiger partial charge in [-0.1, -0.05) is 23.7 Å². The van der Waals surface area contributed by atoms with Gasteiger partial charge in [0.25, 0.3) is 0 Å². The van der Waals surface area contributed by atoms with Gasteiger partial charge in [0.05, 0.1) is 24.0 Å². The van der Waals surface area contributed by atoms with E-state index in [0.29, 0.717) is 31.5 Å². The first-order chi connectivity index (χ1) is 14.6. The number of fused-ring (bicyclic) bond motifs is 1. The molecule has 0 aliphatic carbocycles. The maximum Gasteiger partial charge on any atom is 0.227 e. The minimum Gasteiger partial charge on any atom is -0.383 e. The van der Waals surface area contributed by atoms with Crippen molar-refractivity contribution in [2.24, 2.45) is 4.99 Å². The Morgan fingerprint density at radius 3 is 2.90 bits per heavy atom. The largest absolute Gasteiger partial charge is 0.383 e. The molecule has 1 spiro atoms. The fourth-order valence-electron chi connectivity index (χ4n) is 3.84. The zero-order valence-corrected chi connectivity index (χ0v) is 18.2. The van der Waals surface area contributed by atoms with Gasteiger partial charge in [-0.15, -0.1) is 0 Å². The molecule has 1 aromatic heterocycles. The number of aliphatic imine (C=N–C) groups is 1. The predicted octanol–water partition coefficient (Wildman–Crippen LogP) is 2.58. The molecule has 1 saturated heterocycles. The quantitative estimate of drug-likeness (QED) is 0.650. The highest BCUT2D eigenvalue weighted by atomic mass is 35.5. The molecular weight excluding hydrogens is 402 g/mol. The number of anilines is 2. The molecule has 0 bridgehead atoms. The van der Waals surface area contributed by atoms with Crippen LogP contribution in [0, 0.1) is 0 Å². The van der Waals surface area contributed by atoms with E-state index in [4.69, 9.17) is 26.3 Å². The number of nitrogens with zero attached hydrogens (tertiary/aromatic N) is 4. The zero-order chi connectivity index (χ0) is 21.0. The van der Waals surface area contributed by atoms with E-state index >= 15 is 0 Å². The molecular formula is C21H28ClN7O. The molecule has 160 valence electrons. The number of benzene rings is 1. The van der Waals surface area contributed by atoms with E-state index in [1.807, 2.05) is 36.3 Å². The van der Waals surface area contributed by atoms with Crippen LogP contribution in [-0.4, -0.2) is 61.7 Å². The summed E-state index contributed by atoms with van der Waals surface area (Å²) in [5, 5.41) is 11.4. The number of rotatable bonds is 6. The normalized spacial score (nSPS) is 17.1. The number of likely N-dealkylation sites (N-methyl/N-ethyl adjacent to an activating group) is 1. The molecule has 0 atom stereocenters. The number of methoxy groups -OCH3 is 1. The molecule has 3 N–H and O–H groups in total. The first kappa shape index (κ1) is 20.8. The number of ether oxygens (including phenoxy) is 1. The van der Waals surface area contributed by atoms with Gasteiger partial charge in [-0.05, 0) is 43.6 Å². The van der Waals surface area contributed by atoms with Crippen LogP contribution < -0.4 is 20.9 Å². The molecule has 0 amide bonds. The van der Waals surface area contributed by atoms with Crippen molar-refractivity contribution in [1.29, 1.82) is 0 Å². The highest BCUT2D eigenvalue weighted by Crippen LogP contribution is 2.36. The second kappa shape index (κ2) is 9.16. The summed E-state index contributed by atoms with van der Waals surface area (Å²) in [6.07, 6.45) is 3.70. The predicted molar refractivity (Wildman–Crippen MR) is 121 cm³/mol. The number of piperidine rings is 1. The lowest BCUT2D eigenvalue weighted by Gasteiger charge is -2.42. The minimum atomic E-state index is -0.246. The summed E-state index contributed by atoms with van der Waals surface area (Å²) in [5.41, 5.74) is 1.74. The number of hydrogen-bond acceptors (Lipinski definition) is 8. The molecule has 4 rings (SSSR count). The Bertz CT molecular complexity index is 914. The molecule has 1 aromatic carbocycles. The summed E-state index contributed by atoms with van der Waals surface area (Å²) in [6, 6.07) is 7.88. The Kier molecular flexibility index (Phi) is 6.36. The van der Waals surface area contributed by atoms with Gasteiger partial charge in [0.1, 0.15) is 5.84 Å². The van der Waals surface area contributed by atoms with Crippen molar-refractivity contribution >= 4 is 34.9 Å². The van der Waals surface area contributed by atoms with Gasteiger partial charge in [-0.2, -0.15) is 4.98 Å². The van der Waals surface area contributed by atoms with Crippen LogP contribution in [0.3, 0.4) is 0 Å². The molecule has 2 aliphatic heterocycles. The minimum absolute atomic E-state index is 0.246. The average molecular weight is 430 g/mol. The van der Waals surface area contributed by atoms with E-state index in [1.165, 1.54) is 0 Å². The highest BCUT2D eigenvalue weighted by molar-refractivity contribution is 6.30. The lowest BCUT2D eigenvalue weighted by molar-refractivity contribution is 0.206. The van der Waals surface area contributed by atoms with Gasteiger partial charge in [0.2, 0.25) is 5.95 Å². The third-order valence-corrected chi connectivity index (χ3v) is 5.81. The van der Waals surface area contributed by atoms with Crippen LogP contribution in [-0.2, 0) is 11.3 Å². The summed E-state index contributed by atoms with van der Waals surface area (Å²) in [7, 11) is 3.64. The molecule has 3 heterocycles. The second-order valence-electron chi connectivity index (χ2n) is 7.72. The zero-order valence-electron chi connectivity index (χ0n) is 17.4. The molecule has 8 nitrogen and oxygen atoms in total. The number of amidine groups is 1. The molecule has 2 aliphatic rings. The molecule has 1 fully saturated rings. The topological polar surface area (TPSA) is 86.7 Å². The van der Waals surface area contributed by atoms with Crippen molar-refractivity contribution in [3.8, 4) is 0 Å². The Morgan fingerprint density at radius 1 is 1.30 bits per heavy atom. The van der Waals surface area contributed by atoms with E-state index < -0.39 is 0 Å². The lowest BCUT2D eigenvalue weighted by Crippen LogP contribution is -2.58. The van der Waals surface area contributed by atoms with E-state index in [9.17, 15) is 0 Å². The van der Waals surface area contributed by atoms with Crippen molar-refractivity contribution in [3.05, 3.63) is 41.0 Å². The molecule has 0 radical (unpaired) electrons.